The summed E-state index contributed by atoms with van der Waals surface area (Å²) in [6.45, 7) is 44.9. The van der Waals surface area contributed by atoms with Crippen LogP contribution in [0, 0.1) is 0 Å². The second kappa shape index (κ2) is 26.3. The molecule has 424 valence electrons. The number of hydrogen-bond acceptors (Lipinski definition) is 12. The molecule has 4 saturated heterocycles. The first kappa shape index (κ1) is 62.2. The van der Waals surface area contributed by atoms with E-state index >= 15 is 0 Å². The van der Waals surface area contributed by atoms with Gasteiger partial charge in [0.05, 0.1) is 77.3 Å². The summed E-state index contributed by atoms with van der Waals surface area (Å²) in [7, 11) is 0. The van der Waals surface area contributed by atoms with E-state index in [2.05, 4.69) is 156 Å². The standard InChI is InChI=1S/C60H102N4O8.C2H6/c1-53(2)35-49(36-54(3,4)61-53)69-25-17-21-65-45-29-43(30-46(33-45)66-22-18-26-70-50-37-55(5,6)62-56(7,8)38-50)44-31-47(67-23-19-27-71-51-39-57(9,10)63-58(11,12)40-51)34-48(32-44)68-24-20-28-72-52-41-59(13,14)64-60(15,16)42-52;1-2/h29-34,49-52,61-64H,17-28,35-42H2,1-16H3;1-2H3. The van der Waals surface area contributed by atoms with Gasteiger partial charge in [0.15, 0.2) is 0 Å². The zero-order valence-corrected chi connectivity index (χ0v) is 50.2. The summed E-state index contributed by atoms with van der Waals surface area (Å²) >= 11 is 0. The van der Waals surface area contributed by atoms with Crippen LogP contribution < -0.4 is 40.2 Å². The first-order chi connectivity index (χ1) is 34.4. The Labute approximate surface area is 451 Å². The van der Waals surface area contributed by atoms with Crippen LogP contribution in [0.1, 0.15) is 202 Å². The van der Waals surface area contributed by atoms with Crippen molar-refractivity contribution in [3.05, 3.63) is 36.4 Å². The highest BCUT2D eigenvalue weighted by Gasteiger charge is 2.41. The molecule has 12 nitrogen and oxygen atoms in total. The highest BCUT2D eigenvalue weighted by Crippen LogP contribution is 2.37. The van der Waals surface area contributed by atoms with E-state index in [9.17, 15) is 0 Å². The van der Waals surface area contributed by atoms with Gasteiger partial charge >= 0.3 is 0 Å². The number of nitrogens with one attached hydrogen (secondary N) is 4. The molecular weight excluding hydrogens is 929 g/mol. The van der Waals surface area contributed by atoms with Crippen molar-refractivity contribution in [2.75, 3.05) is 52.9 Å². The lowest BCUT2D eigenvalue weighted by atomic mass is 9.81. The van der Waals surface area contributed by atoms with E-state index in [1.807, 2.05) is 26.0 Å². The quantitative estimate of drug-likeness (QED) is 0.0709. The molecule has 0 amide bonds. The van der Waals surface area contributed by atoms with Crippen LogP contribution in [0.3, 0.4) is 0 Å². The summed E-state index contributed by atoms with van der Waals surface area (Å²) in [5.74, 6) is 3.00. The highest BCUT2D eigenvalue weighted by molar-refractivity contribution is 5.70. The Kier molecular flexibility index (Phi) is 22.1. The lowest BCUT2D eigenvalue weighted by Gasteiger charge is -2.46. The number of rotatable bonds is 25. The van der Waals surface area contributed by atoms with Crippen LogP contribution in [0.5, 0.6) is 23.0 Å². The van der Waals surface area contributed by atoms with Crippen molar-refractivity contribution < 1.29 is 37.9 Å². The van der Waals surface area contributed by atoms with E-state index in [1.165, 1.54) is 0 Å². The summed E-state index contributed by atoms with van der Waals surface area (Å²) in [6, 6.07) is 12.4. The molecule has 4 heterocycles. The minimum Gasteiger partial charge on any atom is -0.493 e. The number of ether oxygens (including phenoxy) is 8. The summed E-state index contributed by atoms with van der Waals surface area (Å²) in [4.78, 5) is 0. The zero-order chi connectivity index (χ0) is 54.6. The molecule has 74 heavy (non-hydrogen) atoms. The topological polar surface area (TPSA) is 122 Å². The van der Waals surface area contributed by atoms with Crippen molar-refractivity contribution in [3.8, 4) is 34.1 Å². The second-order valence-electron chi connectivity index (χ2n) is 27.4. The minimum absolute atomic E-state index is 0.0348. The summed E-state index contributed by atoms with van der Waals surface area (Å²) < 4.78 is 51.9. The monoisotopic (exact) mass is 1040 g/mol. The van der Waals surface area contributed by atoms with Gasteiger partial charge in [-0.3, -0.25) is 0 Å². The molecule has 2 aromatic carbocycles. The number of hydrogen-bond donors (Lipinski definition) is 4. The maximum absolute atomic E-state index is 6.52. The molecule has 0 atom stereocenters. The molecule has 0 aliphatic carbocycles. The summed E-state index contributed by atoms with van der Waals surface area (Å²) in [5, 5.41) is 15.1. The molecule has 0 radical (unpaired) electrons. The average Bonchev–Trinajstić information content (AvgIpc) is 3.22. The number of benzene rings is 2. The fourth-order valence-corrected chi connectivity index (χ4v) is 13.2. The zero-order valence-electron chi connectivity index (χ0n) is 50.2. The molecule has 0 unspecified atom stereocenters. The van der Waals surface area contributed by atoms with Crippen molar-refractivity contribution in [1.29, 1.82) is 0 Å². The number of piperidine rings is 4. The normalized spacial score (nSPS) is 23.1. The second-order valence-corrected chi connectivity index (χ2v) is 27.4. The third-order valence-electron chi connectivity index (χ3n) is 14.3. The molecule has 12 heteroatoms. The Morgan fingerprint density at radius 3 is 0.649 bits per heavy atom. The first-order valence-electron chi connectivity index (χ1n) is 28.9. The Balaban J connectivity index is 0.00000501. The van der Waals surface area contributed by atoms with E-state index in [0.29, 0.717) is 52.9 Å². The average molecular weight is 1040 g/mol. The predicted octanol–water partition coefficient (Wildman–Crippen LogP) is 12.8. The maximum atomic E-state index is 6.52. The molecule has 4 aliphatic heterocycles. The lowest BCUT2D eigenvalue weighted by Crippen LogP contribution is -2.59. The first-order valence-corrected chi connectivity index (χ1v) is 28.9. The van der Waals surface area contributed by atoms with Gasteiger partial charge in [0.2, 0.25) is 0 Å². The molecule has 4 fully saturated rings. The van der Waals surface area contributed by atoms with Gasteiger partial charge in [-0.25, -0.2) is 0 Å². The molecule has 0 saturated carbocycles. The smallest absolute Gasteiger partial charge is 0.123 e. The van der Waals surface area contributed by atoms with Crippen molar-refractivity contribution in [3.63, 3.8) is 0 Å². The Morgan fingerprint density at radius 2 is 0.473 bits per heavy atom. The fraction of sp³-hybridized carbons (Fsp3) is 0.806. The molecule has 6 rings (SSSR count). The molecule has 4 aliphatic rings. The van der Waals surface area contributed by atoms with Crippen molar-refractivity contribution in [2.24, 2.45) is 0 Å². The minimum atomic E-state index is 0.0348. The Bertz CT molecular complexity index is 1670. The molecule has 4 N–H and O–H groups in total. The van der Waals surface area contributed by atoms with Gasteiger partial charge in [-0.15, -0.1) is 0 Å². The summed E-state index contributed by atoms with van der Waals surface area (Å²) in [6.07, 6.45) is 11.9. The van der Waals surface area contributed by atoms with Crippen LogP contribution in [-0.4, -0.2) is 122 Å². The molecular formula is C62H108N4O8. The maximum Gasteiger partial charge on any atom is 0.123 e. The van der Waals surface area contributed by atoms with E-state index in [-0.39, 0.29) is 68.7 Å². The van der Waals surface area contributed by atoms with Gasteiger partial charge < -0.3 is 59.2 Å². The summed E-state index contributed by atoms with van der Waals surface area (Å²) in [5.41, 5.74) is 2.20. The highest BCUT2D eigenvalue weighted by atomic mass is 16.5. The van der Waals surface area contributed by atoms with Gasteiger partial charge in [-0.2, -0.15) is 0 Å². The Morgan fingerprint density at radius 1 is 0.297 bits per heavy atom. The van der Waals surface area contributed by atoms with Crippen LogP contribution >= 0.6 is 0 Å². The molecule has 0 aromatic heterocycles. The van der Waals surface area contributed by atoms with E-state index in [1.54, 1.807) is 0 Å². The third kappa shape index (κ3) is 22.0. The van der Waals surface area contributed by atoms with Crippen molar-refractivity contribution in [2.45, 2.75) is 270 Å². The van der Waals surface area contributed by atoms with Gasteiger partial charge in [0.25, 0.3) is 0 Å². The van der Waals surface area contributed by atoms with Crippen LogP contribution in [-0.2, 0) is 18.9 Å². The Hall–Kier alpha value is -2.68. The van der Waals surface area contributed by atoms with E-state index < -0.39 is 0 Å². The lowest BCUT2D eigenvalue weighted by molar-refractivity contribution is -0.0253. The van der Waals surface area contributed by atoms with Gasteiger partial charge in [0, 0.05) is 82.1 Å². The SMILES string of the molecule is CC.CC1(C)CC(OCCCOc2cc(OCCCOC3CC(C)(C)NC(C)(C)C3)cc(-c3cc(OCCCOC4CC(C)(C)NC(C)(C)C4)cc(OCCCOC4CC(C)(C)NC(C)(C)C4)c3)c2)CC(C)(C)N1. The van der Waals surface area contributed by atoms with Crippen LogP contribution in [0.2, 0.25) is 0 Å². The molecule has 0 bridgehead atoms. The fourth-order valence-electron chi connectivity index (χ4n) is 13.2. The third-order valence-corrected chi connectivity index (χ3v) is 14.3. The van der Waals surface area contributed by atoms with Gasteiger partial charge in [-0.05, 0) is 198 Å². The van der Waals surface area contributed by atoms with Crippen LogP contribution in [0.25, 0.3) is 11.1 Å². The van der Waals surface area contributed by atoms with Gasteiger partial charge in [-0.1, -0.05) is 13.8 Å². The van der Waals surface area contributed by atoms with Crippen molar-refractivity contribution in [1.82, 2.24) is 21.3 Å². The predicted molar refractivity (Wildman–Crippen MR) is 305 cm³/mol. The van der Waals surface area contributed by atoms with Gasteiger partial charge in [0.1, 0.15) is 23.0 Å². The molecule has 2 aromatic rings. The van der Waals surface area contributed by atoms with E-state index in [0.717, 1.165) is 111 Å². The van der Waals surface area contributed by atoms with E-state index in [4.69, 9.17) is 37.9 Å². The molecule has 0 spiro atoms. The largest absolute Gasteiger partial charge is 0.493 e. The van der Waals surface area contributed by atoms with Crippen LogP contribution in [0.4, 0.5) is 0 Å². The van der Waals surface area contributed by atoms with Crippen LogP contribution in [0.15, 0.2) is 36.4 Å². The van der Waals surface area contributed by atoms with Crippen molar-refractivity contribution >= 4 is 0 Å².